The second kappa shape index (κ2) is 6.52. The van der Waals surface area contributed by atoms with Gasteiger partial charge in [0.15, 0.2) is 0 Å². The van der Waals surface area contributed by atoms with Gasteiger partial charge in [0.25, 0.3) is 0 Å². The quantitative estimate of drug-likeness (QED) is 0.779. The minimum atomic E-state index is -0.980. The molecule has 0 atom stereocenters. The number of hydrogen-bond donors (Lipinski definition) is 1. The number of nitriles is 1. The molecule has 1 aromatic carbocycles. The molecule has 18 heavy (non-hydrogen) atoms. The van der Waals surface area contributed by atoms with E-state index in [-0.39, 0.29) is 13.1 Å². The first-order valence-corrected chi connectivity index (χ1v) is 5.30. The number of benzene rings is 1. The highest BCUT2D eigenvalue weighted by molar-refractivity contribution is 5.69. The molecular formula is C13H13FN2O2. The van der Waals surface area contributed by atoms with Crippen molar-refractivity contribution in [3.63, 3.8) is 0 Å². The van der Waals surface area contributed by atoms with Crippen LogP contribution >= 0.6 is 0 Å². The molecule has 0 aliphatic rings. The highest BCUT2D eigenvalue weighted by Crippen LogP contribution is 2.13. The number of nitrogens with zero attached hydrogens (tertiary/aromatic N) is 2. The Bertz CT molecular complexity index is 494. The molecule has 0 aliphatic heterocycles. The molecule has 0 heterocycles. The molecule has 0 radical (unpaired) electrons. The number of hydrogen-bond acceptors (Lipinski definition) is 3. The van der Waals surface area contributed by atoms with Crippen LogP contribution in [-0.2, 0) is 11.3 Å². The average molecular weight is 248 g/mol. The van der Waals surface area contributed by atoms with E-state index < -0.39 is 11.8 Å². The van der Waals surface area contributed by atoms with Gasteiger partial charge in [-0.2, -0.15) is 5.26 Å². The molecule has 1 N–H and O–H groups in total. The summed E-state index contributed by atoms with van der Waals surface area (Å²) in [6, 6.07) is 5.80. The number of carboxylic acid groups (broad SMARTS) is 1. The lowest BCUT2D eigenvalue weighted by atomic mass is 10.1. The fraction of sp³-hybridized carbons (Fsp3) is 0.231. The molecule has 0 fully saturated rings. The van der Waals surface area contributed by atoms with Crippen LogP contribution in [0.25, 0.3) is 0 Å². The first-order valence-electron chi connectivity index (χ1n) is 5.30. The SMILES string of the molecule is C=CCN(CC(=O)O)Cc1cc(F)ccc1C#N. The standard InChI is InChI=1S/C13H13FN2O2/c1-2-5-16(9-13(17)18)8-11-6-12(14)4-3-10(11)7-15/h2-4,6H,1,5,8-9H2,(H,17,18). The fourth-order valence-electron chi connectivity index (χ4n) is 1.60. The van der Waals surface area contributed by atoms with Gasteiger partial charge in [0.2, 0.25) is 0 Å². The lowest BCUT2D eigenvalue weighted by molar-refractivity contribution is -0.138. The summed E-state index contributed by atoms with van der Waals surface area (Å²) in [5.41, 5.74) is 0.816. The van der Waals surface area contributed by atoms with Gasteiger partial charge in [-0.1, -0.05) is 6.08 Å². The maximum Gasteiger partial charge on any atom is 0.317 e. The fourth-order valence-corrected chi connectivity index (χ4v) is 1.60. The van der Waals surface area contributed by atoms with E-state index >= 15 is 0 Å². The molecule has 0 spiro atoms. The Morgan fingerprint density at radius 1 is 1.61 bits per heavy atom. The van der Waals surface area contributed by atoms with Crippen LogP contribution in [0.2, 0.25) is 0 Å². The van der Waals surface area contributed by atoms with Gasteiger partial charge >= 0.3 is 5.97 Å². The molecule has 0 aliphatic carbocycles. The van der Waals surface area contributed by atoms with Crippen LogP contribution in [0.5, 0.6) is 0 Å². The van der Waals surface area contributed by atoms with Gasteiger partial charge in [-0.25, -0.2) is 4.39 Å². The third-order valence-corrected chi connectivity index (χ3v) is 2.33. The lowest BCUT2D eigenvalue weighted by Crippen LogP contribution is -2.29. The van der Waals surface area contributed by atoms with Crippen LogP contribution < -0.4 is 0 Å². The predicted molar refractivity (Wildman–Crippen MR) is 64.2 cm³/mol. The molecular weight excluding hydrogens is 235 g/mol. The van der Waals surface area contributed by atoms with Crippen LogP contribution in [0.3, 0.4) is 0 Å². The zero-order valence-corrected chi connectivity index (χ0v) is 9.77. The number of rotatable bonds is 6. The average Bonchev–Trinajstić information content (AvgIpc) is 2.28. The molecule has 1 aromatic rings. The predicted octanol–water partition coefficient (Wildman–Crippen LogP) is 1.77. The largest absolute Gasteiger partial charge is 0.480 e. The van der Waals surface area contributed by atoms with Crippen molar-refractivity contribution in [3.05, 3.63) is 47.8 Å². The summed E-state index contributed by atoms with van der Waals surface area (Å²) in [6.45, 7) is 3.90. The first kappa shape index (κ1) is 13.9. The van der Waals surface area contributed by atoms with Crippen molar-refractivity contribution >= 4 is 5.97 Å². The van der Waals surface area contributed by atoms with Gasteiger partial charge in [0, 0.05) is 13.1 Å². The van der Waals surface area contributed by atoms with Crippen LogP contribution in [0.15, 0.2) is 30.9 Å². The van der Waals surface area contributed by atoms with E-state index in [1.165, 1.54) is 18.2 Å². The van der Waals surface area contributed by atoms with Crippen molar-refractivity contribution in [2.75, 3.05) is 13.1 Å². The summed E-state index contributed by atoms with van der Waals surface area (Å²) in [4.78, 5) is 12.2. The Labute approximate surface area is 105 Å². The van der Waals surface area contributed by atoms with E-state index in [2.05, 4.69) is 6.58 Å². The summed E-state index contributed by atoms with van der Waals surface area (Å²) in [6.07, 6.45) is 1.56. The second-order valence-corrected chi connectivity index (χ2v) is 3.77. The Hall–Kier alpha value is -2.19. The zero-order chi connectivity index (χ0) is 13.5. The maximum absolute atomic E-state index is 13.1. The summed E-state index contributed by atoms with van der Waals surface area (Å²) in [7, 11) is 0. The topological polar surface area (TPSA) is 64.3 Å². The van der Waals surface area contributed by atoms with Crippen molar-refractivity contribution in [1.82, 2.24) is 4.90 Å². The van der Waals surface area contributed by atoms with Gasteiger partial charge in [-0.3, -0.25) is 9.69 Å². The van der Waals surface area contributed by atoms with E-state index in [4.69, 9.17) is 10.4 Å². The highest BCUT2D eigenvalue weighted by atomic mass is 19.1. The second-order valence-electron chi connectivity index (χ2n) is 3.77. The Morgan fingerprint density at radius 2 is 2.33 bits per heavy atom. The molecule has 0 unspecified atom stereocenters. The third kappa shape index (κ3) is 4.00. The molecule has 94 valence electrons. The summed E-state index contributed by atoms with van der Waals surface area (Å²) in [5, 5.41) is 17.7. The maximum atomic E-state index is 13.1. The van der Waals surface area contributed by atoms with Crippen LogP contribution in [0, 0.1) is 17.1 Å². The van der Waals surface area contributed by atoms with Crippen LogP contribution in [-0.4, -0.2) is 29.1 Å². The van der Waals surface area contributed by atoms with E-state index in [0.29, 0.717) is 17.7 Å². The molecule has 0 saturated carbocycles. The molecule has 1 rings (SSSR count). The van der Waals surface area contributed by atoms with Gasteiger partial charge in [0.1, 0.15) is 5.82 Å². The number of carbonyl (C=O) groups is 1. The smallest absolute Gasteiger partial charge is 0.317 e. The van der Waals surface area contributed by atoms with Crippen molar-refractivity contribution < 1.29 is 14.3 Å². The van der Waals surface area contributed by atoms with Crippen molar-refractivity contribution in [2.24, 2.45) is 0 Å². The monoisotopic (exact) mass is 248 g/mol. The van der Waals surface area contributed by atoms with Gasteiger partial charge < -0.3 is 5.11 Å². The summed E-state index contributed by atoms with van der Waals surface area (Å²) < 4.78 is 13.1. The van der Waals surface area contributed by atoms with Gasteiger partial charge in [-0.05, 0) is 23.8 Å². The van der Waals surface area contributed by atoms with E-state index in [9.17, 15) is 9.18 Å². The molecule has 5 heteroatoms. The van der Waals surface area contributed by atoms with Crippen molar-refractivity contribution in [1.29, 1.82) is 5.26 Å². The number of halogens is 1. The molecule has 0 saturated heterocycles. The van der Waals surface area contributed by atoms with Gasteiger partial charge in [-0.15, -0.1) is 6.58 Å². The molecule has 0 amide bonds. The highest BCUT2D eigenvalue weighted by Gasteiger charge is 2.12. The third-order valence-electron chi connectivity index (χ3n) is 2.33. The van der Waals surface area contributed by atoms with E-state index in [1.54, 1.807) is 11.0 Å². The summed E-state index contributed by atoms with van der Waals surface area (Å²) >= 11 is 0. The van der Waals surface area contributed by atoms with Crippen LogP contribution in [0.1, 0.15) is 11.1 Å². The minimum Gasteiger partial charge on any atom is -0.480 e. The Kier molecular flexibility index (Phi) is 5.03. The molecule has 0 aromatic heterocycles. The molecule has 4 nitrogen and oxygen atoms in total. The number of carboxylic acids is 1. The Balaban J connectivity index is 2.92. The minimum absolute atomic E-state index is 0.187. The Morgan fingerprint density at radius 3 is 2.89 bits per heavy atom. The first-order chi connectivity index (χ1) is 8.56. The van der Waals surface area contributed by atoms with Crippen LogP contribution in [0.4, 0.5) is 4.39 Å². The van der Waals surface area contributed by atoms with Crippen molar-refractivity contribution in [2.45, 2.75) is 6.54 Å². The summed E-state index contributed by atoms with van der Waals surface area (Å²) in [5.74, 6) is -1.43. The van der Waals surface area contributed by atoms with E-state index in [0.717, 1.165) is 0 Å². The van der Waals surface area contributed by atoms with E-state index in [1.807, 2.05) is 6.07 Å². The number of aliphatic carboxylic acids is 1. The lowest BCUT2D eigenvalue weighted by Gasteiger charge is -2.18. The van der Waals surface area contributed by atoms with Crippen molar-refractivity contribution in [3.8, 4) is 6.07 Å². The molecule has 0 bridgehead atoms. The zero-order valence-electron chi connectivity index (χ0n) is 9.77. The van der Waals surface area contributed by atoms with Gasteiger partial charge in [0.05, 0.1) is 18.2 Å². The normalized spacial score (nSPS) is 10.1.